The van der Waals surface area contributed by atoms with Gasteiger partial charge in [0, 0.05) is 19.4 Å². The third-order valence-electron chi connectivity index (χ3n) is 10.2. The van der Waals surface area contributed by atoms with Crippen LogP contribution in [0.4, 0.5) is 0 Å². The molecule has 0 aliphatic rings. The molecule has 0 aromatic carbocycles. The number of hydrogen-bond acceptors (Lipinski definition) is 5. The highest BCUT2D eigenvalue weighted by Crippen LogP contribution is 2.12. The van der Waals surface area contributed by atoms with Gasteiger partial charge in [0.05, 0.1) is 6.61 Å². The zero-order valence-electron chi connectivity index (χ0n) is 41.2. The Morgan fingerprint density at radius 2 is 0.656 bits per heavy atom. The van der Waals surface area contributed by atoms with E-state index in [4.69, 9.17) is 14.2 Å². The van der Waals surface area contributed by atoms with E-state index in [9.17, 15) is 9.59 Å². The summed E-state index contributed by atoms with van der Waals surface area (Å²) < 4.78 is 17.3. The first-order valence-corrected chi connectivity index (χ1v) is 25.7. The molecule has 0 aliphatic carbocycles. The van der Waals surface area contributed by atoms with Gasteiger partial charge in [0.25, 0.3) is 0 Å². The highest BCUT2D eigenvalue weighted by molar-refractivity contribution is 5.70. The van der Waals surface area contributed by atoms with Crippen molar-refractivity contribution in [3.63, 3.8) is 0 Å². The van der Waals surface area contributed by atoms with Crippen LogP contribution in [0.15, 0.2) is 134 Å². The van der Waals surface area contributed by atoms with Crippen LogP contribution in [0.25, 0.3) is 0 Å². The summed E-state index contributed by atoms with van der Waals surface area (Å²) in [7, 11) is 0. The smallest absolute Gasteiger partial charge is 0.306 e. The molecule has 0 aliphatic heterocycles. The number of allylic oxidation sites excluding steroid dienone is 22. The quantitative estimate of drug-likeness (QED) is 0.0346. The number of unbranched alkanes of at least 4 members (excludes halogenated alkanes) is 12. The van der Waals surface area contributed by atoms with Gasteiger partial charge < -0.3 is 14.2 Å². The molecule has 0 spiro atoms. The molecule has 0 fully saturated rings. The third-order valence-corrected chi connectivity index (χ3v) is 10.2. The summed E-state index contributed by atoms with van der Waals surface area (Å²) in [4.78, 5) is 25.4. The van der Waals surface area contributed by atoms with Crippen LogP contribution >= 0.6 is 0 Å². The lowest BCUT2D eigenvalue weighted by Crippen LogP contribution is -2.30. The Balaban J connectivity index is 4.45. The largest absolute Gasteiger partial charge is 0.462 e. The minimum atomic E-state index is -0.585. The first-order chi connectivity index (χ1) is 31.6. The lowest BCUT2D eigenvalue weighted by molar-refractivity contribution is -0.163. The molecule has 0 aromatic heterocycles. The minimum Gasteiger partial charge on any atom is -0.462 e. The Morgan fingerprint density at radius 3 is 1.05 bits per heavy atom. The highest BCUT2D eigenvalue weighted by atomic mass is 16.6. The van der Waals surface area contributed by atoms with Crippen molar-refractivity contribution >= 4 is 11.9 Å². The molecule has 5 heteroatoms. The van der Waals surface area contributed by atoms with E-state index in [1.165, 1.54) is 19.3 Å². The fourth-order valence-corrected chi connectivity index (χ4v) is 6.45. The second-order valence-corrected chi connectivity index (χ2v) is 16.3. The van der Waals surface area contributed by atoms with Crippen molar-refractivity contribution in [1.82, 2.24) is 0 Å². The molecule has 0 aromatic rings. The first-order valence-electron chi connectivity index (χ1n) is 25.7. The van der Waals surface area contributed by atoms with E-state index >= 15 is 0 Å². The second kappa shape index (κ2) is 53.4. The van der Waals surface area contributed by atoms with Gasteiger partial charge in [-0.05, 0) is 128 Å². The van der Waals surface area contributed by atoms with Gasteiger partial charge in [-0.3, -0.25) is 9.59 Å². The molecule has 0 bridgehead atoms. The number of ether oxygens (including phenoxy) is 3. The van der Waals surface area contributed by atoms with Crippen molar-refractivity contribution in [2.45, 2.75) is 207 Å². The van der Waals surface area contributed by atoms with Crippen LogP contribution in [-0.4, -0.2) is 37.9 Å². The molecular formula is C59H94O5. The number of hydrogen-bond donors (Lipinski definition) is 0. The van der Waals surface area contributed by atoms with Gasteiger partial charge in [-0.25, -0.2) is 0 Å². The zero-order chi connectivity index (χ0) is 46.3. The van der Waals surface area contributed by atoms with E-state index in [1.807, 2.05) is 0 Å². The molecule has 5 nitrogen and oxygen atoms in total. The van der Waals surface area contributed by atoms with E-state index in [0.29, 0.717) is 19.4 Å². The molecule has 0 saturated heterocycles. The van der Waals surface area contributed by atoms with Gasteiger partial charge >= 0.3 is 11.9 Å². The summed E-state index contributed by atoms with van der Waals surface area (Å²) in [6, 6.07) is 0. The van der Waals surface area contributed by atoms with Gasteiger partial charge in [-0.1, -0.05) is 193 Å². The molecule has 1 atom stereocenters. The fourth-order valence-electron chi connectivity index (χ4n) is 6.45. The molecular weight excluding hydrogens is 789 g/mol. The van der Waals surface area contributed by atoms with Crippen LogP contribution in [0.2, 0.25) is 0 Å². The fraction of sp³-hybridized carbons (Fsp3) is 0.593. The van der Waals surface area contributed by atoms with E-state index in [-0.39, 0.29) is 25.2 Å². The normalized spacial score (nSPS) is 13.4. The number of carbonyl (C=O) groups excluding carboxylic acids is 2. The molecule has 0 heterocycles. The van der Waals surface area contributed by atoms with Crippen molar-refractivity contribution in [3.8, 4) is 0 Å². The van der Waals surface area contributed by atoms with Crippen molar-refractivity contribution in [3.05, 3.63) is 134 Å². The van der Waals surface area contributed by atoms with Gasteiger partial charge in [-0.2, -0.15) is 0 Å². The van der Waals surface area contributed by atoms with Gasteiger partial charge in [0.15, 0.2) is 6.10 Å². The molecule has 0 saturated carbocycles. The van der Waals surface area contributed by atoms with Crippen molar-refractivity contribution in [2.24, 2.45) is 0 Å². The lowest BCUT2D eigenvalue weighted by atomic mass is 10.1. The average Bonchev–Trinajstić information content (AvgIpc) is 3.30. The van der Waals surface area contributed by atoms with Gasteiger partial charge in [0.1, 0.15) is 6.61 Å². The van der Waals surface area contributed by atoms with Crippen molar-refractivity contribution in [2.75, 3.05) is 19.8 Å². The van der Waals surface area contributed by atoms with Crippen LogP contribution in [0, 0.1) is 0 Å². The Bertz CT molecular complexity index is 1370. The molecule has 0 amide bonds. The second-order valence-electron chi connectivity index (χ2n) is 16.3. The van der Waals surface area contributed by atoms with Crippen molar-refractivity contribution in [1.29, 1.82) is 0 Å². The highest BCUT2D eigenvalue weighted by Gasteiger charge is 2.17. The number of carbonyl (C=O) groups is 2. The lowest BCUT2D eigenvalue weighted by Gasteiger charge is -2.18. The summed E-state index contributed by atoms with van der Waals surface area (Å²) in [6.45, 7) is 7.33. The van der Waals surface area contributed by atoms with E-state index in [0.717, 1.165) is 148 Å². The van der Waals surface area contributed by atoms with Crippen LogP contribution in [-0.2, 0) is 23.8 Å². The maximum Gasteiger partial charge on any atom is 0.306 e. The zero-order valence-corrected chi connectivity index (χ0v) is 41.2. The maximum absolute atomic E-state index is 12.8. The van der Waals surface area contributed by atoms with Gasteiger partial charge in [0.2, 0.25) is 0 Å². The molecule has 64 heavy (non-hydrogen) atoms. The molecule has 0 N–H and O–H groups in total. The van der Waals surface area contributed by atoms with Crippen LogP contribution in [0.5, 0.6) is 0 Å². The van der Waals surface area contributed by atoms with Crippen LogP contribution < -0.4 is 0 Å². The van der Waals surface area contributed by atoms with E-state index in [1.54, 1.807) is 0 Å². The monoisotopic (exact) mass is 883 g/mol. The van der Waals surface area contributed by atoms with Crippen LogP contribution in [0.3, 0.4) is 0 Å². The molecule has 360 valence electrons. The van der Waals surface area contributed by atoms with Gasteiger partial charge in [-0.15, -0.1) is 0 Å². The Hall–Kier alpha value is -3.96. The Kier molecular flexibility index (Phi) is 50.1. The minimum absolute atomic E-state index is 0.0424. The molecule has 0 radical (unpaired) electrons. The predicted octanol–water partition coefficient (Wildman–Crippen LogP) is 17.6. The van der Waals surface area contributed by atoms with E-state index < -0.39 is 6.10 Å². The SMILES string of the molecule is CC/C=C\C/C=C\C/C=C\C/C=C\C/C=C\CCCCOCC(COC(=O)CCCCCCC/C=C\C/C=C\C/C=C\CC)OC(=O)CCCCCCC/C=C\C/C=C\C/C=C\CC. The number of rotatable bonds is 45. The van der Waals surface area contributed by atoms with E-state index in [2.05, 4.69) is 154 Å². The average molecular weight is 883 g/mol. The Morgan fingerprint density at radius 1 is 0.344 bits per heavy atom. The molecule has 1 unspecified atom stereocenters. The Labute approximate surface area is 394 Å². The summed E-state index contributed by atoms with van der Waals surface area (Å²) in [6.07, 6.45) is 76.1. The molecule has 0 rings (SSSR count). The summed E-state index contributed by atoms with van der Waals surface area (Å²) in [5.74, 6) is -0.471. The topological polar surface area (TPSA) is 61.8 Å². The van der Waals surface area contributed by atoms with Crippen molar-refractivity contribution < 1.29 is 23.8 Å². The number of esters is 2. The van der Waals surface area contributed by atoms with Crippen LogP contribution in [0.1, 0.15) is 201 Å². The summed E-state index contributed by atoms with van der Waals surface area (Å²) in [5.41, 5.74) is 0. The predicted molar refractivity (Wildman–Crippen MR) is 278 cm³/mol. The summed E-state index contributed by atoms with van der Waals surface area (Å²) >= 11 is 0. The maximum atomic E-state index is 12.8. The summed E-state index contributed by atoms with van der Waals surface area (Å²) in [5, 5.41) is 0. The first kappa shape index (κ1) is 60.0. The standard InChI is InChI=1S/C59H94O5/c1-4-7-10-13-16-19-22-25-28-29-30-33-36-39-42-45-48-51-54-62-55-57(64-59(61)53-50-47-44-41-38-35-32-27-24-21-18-15-12-9-6-3)56-63-58(60)52-49-46-43-40-37-34-31-26-23-20-17-14-11-8-5-2/h7-12,16-21,25-28,30-33,39,42,57H,4-6,13-15,22-24,29,34-38,40-41,43-56H2,1-3H3/b10-7-,11-8-,12-9-,19-16-,20-17-,21-18-,28-25-,31-26-,32-27-,33-30-,42-39-. The third kappa shape index (κ3) is 50.7.